The van der Waals surface area contributed by atoms with E-state index in [0.717, 1.165) is 0 Å². The standard InChI is InChI=1S/C22H26O6/c1-19(2)12-10-16-21(4)15(26-17(23)14-8-6-5-7-9-14)11-13-20(3,25)22(21,28-19)18(24)27-16/h5-10,12,15-16,25H,11,13H2,1-4H3/t15-,16+,20-,21-,22-/m1/s1. The molecule has 6 nitrogen and oxygen atoms in total. The fourth-order valence-electron chi connectivity index (χ4n) is 5.04. The van der Waals surface area contributed by atoms with E-state index in [1.165, 1.54) is 0 Å². The predicted molar refractivity (Wildman–Crippen MR) is 101 cm³/mol. The maximum absolute atomic E-state index is 13.1. The molecule has 1 aromatic carbocycles. The predicted octanol–water partition coefficient (Wildman–Crippen LogP) is 2.79. The average molecular weight is 386 g/mol. The molecule has 28 heavy (non-hydrogen) atoms. The Bertz CT molecular complexity index is 842. The SMILES string of the molecule is CC1(C)C=C[C@@H]2OC(=O)[C@]3(O1)[C@]2(C)[C@H](OC(=O)c1ccccc1)CC[C@@]3(C)O. The summed E-state index contributed by atoms with van der Waals surface area (Å²) in [7, 11) is 0. The van der Waals surface area contributed by atoms with E-state index in [1.807, 2.05) is 32.9 Å². The van der Waals surface area contributed by atoms with Crippen LogP contribution in [0.25, 0.3) is 0 Å². The number of carbonyl (C=O) groups is 2. The van der Waals surface area contributed by atoms with Crippen molar-refractivity contribution in [2.45, 2.75) is 69.5 Å². The van der Waals surface area contributed by atoms with Crippen molar-refractivity contribution in [2.75, 3.05) is 0 Å². The quantitative estimate of drug-likeness (QED) is 0.622. The van der Waals surface area contributed by atoms with Crippen molar-refractivity contribution in [1.82, 2.24) is 0 Å². The van der Waals surface area contributed by atoms with Gasteiger partial charge in [-0.3, -0.25) is 0 Å². The van der Waals surface area contributed by atoms with Crippen molar-refractivity contribution in [3.05, 3.63) is 48.0 Å². The Morgan fingerprint density at radius 2 is 1.86 bits per heavy atom. The number of hydrogen-bond donors (Lipinski definition) is 1. The Balaban J connectivity index is 1.79. The lowest BCUT2D eigenvalue weighted by atomic mass is 9.55. The average Bonchev–Trinajstić information content (AvgIpc) is 2.80. The molecule has 1 saturated heterocycles. The molecule has 1 aromatic rings. The van der Waals surface area contributed by atoms with E-state index in [1.54, 1.807) is 37.3 Å². The van der Waals surface area contributed by atoms with Gasteiger partial charge in [-0.1, -0.05) is 24.3 Å². The van der Waals surface area contributed by atoms with E-state index >= 15 is 0 Å². The largest absolute Gasteiger partial charge is 0.458 e. The Kier molecular flexibility index (Phi) is 4.04. The Morgan fingerprint density at radius 1 is 1.18 bits per heavy atom. The molecule has 2 aliphatic heterocycles. The molecule has 3 aliphatic rings. The molecule has 1 aliphatic carbocycles. The van der Waals surface area contributed by atoms with Crippen molar-refractivity contribution in [1.29, 1.82) is 0 Å². The Hall–Kier alpha value is -2.18. The van der Waals surface area contributed by atoms with E-state index in [4.69, 9.17) is 14.2 Å². The van der Waals surface area contributed by atoms with Crippen LogP contribution in [0.2, 0.25) is 0 Å². The van der Waals surface area contributed by atoms with Crippen LogP contribution in [0.4, 0.5) is 0 Å². The lowest BCUT2D eigenvalue weighted by Gasteiger charge is -2.56. The number of aliphatic hydroxyl groups is 1. The first-order valence-electron chi connectivity index (χ1n) is 9.62. The smallest absolute Gasteiger partial charge is 0.343 e. The summed E-state index contributed by atoms with van der Waals surface area (Å²) < 4.78 is 17.9. The fourth-order valence-corrected chi connectivity index (χ4v) is 5.04. The maximum Gasteiger partial charge on any atom is 0.343 e. The van der Waals surface area contributed by atoms with Gasteiger partial charge < -0.3 is 19.3 Å². The van der Waals surface area contributed by atoms with Gasteiger partial charge in [-0.15, -0.1) is 0 Å². The van der Waals surface area contributed by atoms with E-state index in [2.05, 4.69) is 0 Å². The third-order valence-electron chi connectivity index (χ3n) is 6.54. The molecule has 5 atom stereocenters. The lowest BCUT2D eigenvalue weighted by molar-refractivity contribution is -0.276. The topological polar surface area (TPSA) is 82.1 Å². The molecule has 0 amide bonds. The monoisotopic (exact) mass is 386 g/mol. The van der Waals surface area contributed by atoms with E-state index < -0.39 is 46.4 Å². The zero-order valence-corrected chi connectivity index (χ0v) is 16.6. The molecule has 2 heterocycles. The van der Waals surface area contributed by atoms with Gasteiger partial charge in [-0.2, -0.15) is 0 Å². The van der Waals surface area contributed by atoms with Crippen LogP contribution in [0.15, 0.2) is 42.5 Å². The second kappa shape index (κ2) is 5.91. The van der Waals surface area contributed by atoms with E-state index in [9.17, 15) is 14.7 Å². The number of rotatable bonds is 2. The molecule has 1 N–H and O–H groups in total. The van der Waals surface area contributed by atoms with Gasteiger partial charge >= 0.3 is 11.9 Å². The first-order chi connectivity index (χ1) is 13.0. The second-order valence-electron chi connectivity index (χ2n) is 8.93. The maximum atomic E-state index is 13.1. The molecule has 4 rings (SSSR count). The summed E-state index contributed by atoms with van der Waals surface area (Å²) >= 11 is 0. The van der Waals surface area contributed by atoms with Gasteiger partial charge in [-0.05, 0) is 58.7 Å². The van der Waals surface area contributed by atoms with Crippen LogP contribution in [0.3, 0.4) is 0 Å². The van der Waals surface area contributed by atoms with E-state index in [-0.39, 0.29) is 6.42 Å². The summed E-state index contributed by atoms with van der Waals surface area (Å²) in [6.45, 7) is 7.08. The highest BCUT2D eigenvalue weighted by atomic mass is 16.6. The third-order valence-corrected chi connectivity index (χ3v) is 6.54. The van der Waals surface area contributed by atoms with Crippen LogP contribution < -0.4 is 0 Å². The second-order valence-corrected chi connectivity index (χ2v) is 8.93. The highest BCUT2D eigenvalue weighted by molar-refractivity contribution is 5.90. The summed E-state index contributed by atoms with van der Waals surface area (Å²) in [6.07, 6.45) is 2.94. The Labute approximate surface area is 164 Å². The molecule has 150 valence electrons. The van der Waals surface area contributed by atoms with Gasteiger partial charge in [0.2, 0.25) is 5.60 Å². The van der Waals surface area contributed by atoms with Crippen LogP contribution in [-0.4, -0.2) is 46.1 Å². The molecule has 0 radical (unpaired) electrons. The lowest BCUT2D eigenvalue weighted by Crippen LogP contribution is -2.73. The summed E-state index contributed by atoms with van der Waals surface area (Å²) in [6, 6.07) is 8.72. The third kappa shape index (κ3) is 2.40. The summed E-state index contributed by atoms with van der Waals surface area (Å²) in [5.41, 5.74) is -4.53. The highest BCUT2D eigenvalue weighted by Crippen LogP contribution is 2.62. The summed E-state index contributed by atoms with van der Waals surface area (Å²) in [4.78, 5) is 25.8. The molecule has 0 aromatic heterocycles. The zero-order chi connectivity index (χ0) is 20.4. The van der Waals surface area contributed by atoms with Crippen molar-refractivity contribution >= 4 is 11.9 Å². The first-order valence-corrected chi connectivity index (χ1v) is 9.62. The normalized spacial score (nSPS) is 41.0. The van der Waals surface area contributed by atoms with Gasteiger partial charge in [0.15, 0.2) is 0 Å². The van der Waals surface area contributed by atoms with Crippen molar-refractivity contribution < 1.29 is 28.9 Å². The summed E-state index contributed by atoms with van der Waals surface area (Å²) in [5.74, 6) is -1.08. The number of esters is 2. The highest BCUT2D eigenvalue weighted by Gasteiger charge is 2.79. The molecule has 0 unspecified atom stereocenters. The zero-order valence-electron chi connectivity index (χ0n) is 16.6. The van der Waals surface area contributed by atoms with Crippen LogP contribution >= 0.6 is 0 Å². The number of ether oxygens (including phenoxy) is 3. The molecule has 1 saturated carbocycles. The van der Waals surface area contributed by atoms with Crippen molar-refractivity contribution in [3.8, 4) is 0 Å². The van der Waals surface area contributed by atoms with Gasteiger partial charge in [0.05, 0.1) is 16.6 Å². The van der Waals surface area contributed by atoms with Gasteiger partial charge in [0.25, 0.3) is 0 Å². The van der Waals surface area contributed by atoms with E-state index in [0.29, 0.717) is 12.0 Å². The Morgan fingerprint density at radius 3 is 2.54 bits per heavy atom. The summed E-state index contributed by atoms with van der Waals surface area (Å²) in [5, 5.41) is 11.3. The number of benzene rings is 1. The molecular weight excluding hydrogens is 360 g/mol. The molecule has 0 spiro atoms. The van der Waals surface area contributed by atoms with Crippen LogP contribution in [0.5, 0.6) is 0 Å². The fraction of sp³-hybridized carbons (Fsp3) is 0.545. The van der Waals surface area contributed by atoms with Crippen LogP contribution in [0, 0.1) is 5.41 Å². The minimum Gasteiger partial charge on any atom is -0.458 e. The first kappa shape index (κ1) is 19.2. The minimum absolute atomic E-state index is 0.243. The van der Waals surface area contributed by atoms with Gasteiger partial charge in [0.1, 0.15) is 17.8 Å². The molecule has 2 bridgehead atoms. The van der Waals surface area contributed by atoms with Crippen LogP contribution in [-0.2, 0) is 19.0 Å². The molecule has 2 fully saturated rings. The van der Waals surface area contributed by atoms with Crippen molar-refractivity contribution in [2.24, 2.45) is 5.41 Å². The van der Waals surface area contributed by atoms with Gasteiger partial charge in [0, 0.05) is 0 Å². The number of carbonyl (C=O) groups excluding carboxylic acids is 2. The van der Waals surface area contributed by atoms with Gasteiger partial charge in [-0.25, -0.2) is 9.59 Å². The van der Waals surface area contributed by atoms with Crippen molar-refractivity contribution in [3.63, 3.8) is 0 Å². The minimum atomic E-state index is -1.64. The number of hydrogen-bond acceptors (Lipinski definition) is 6. The van der Waals surface area contributed by atoms with Crippen LogP contribution in [0.1, 0.15) is 50.9 Å². The molecule has 6 heteroatoms. The molecular formula is C22H26O6.